The molecule has 0 aliphatic carbocycles. The van der Waals surface area contributed by atoms with Crippen molar-refractivity contribution in [3.8, 4) is 0 Å². The van der Waals surface area contributed by atoms with Gasteiger partial charge in [0.05, 0.1) is 31.2 Å². The number of likely N-dealkylation sites (tertiary alicyclic amines) is 1. The zero-order valence-corrected chi connectivity index (χ0v) is 23.1. The Morgan fingerprint density at radius 1 is 1.10 bits per heavy atom. The number of aliphatic hydroxyl groups excluding tert-OH is 1. The van der Waals surface area contributed by atoms with Crippen LogP contribution in [0.15, 0.2) is 54.6 Å². The molecule has 2 saturated heterocycles. The van der Waals surface area contributed by atoms with Gasteiger partial charge in [0.2, 0.25) is 17.7 Å². The summed E-state index contributed by atoms with van der Waals surface area (Å²) in [5.74, 6) is -3.59. The number of nitrogens with zero attached hydrogens (tertiary/aromatic N) is 2. The monoisotopic (exact) mass is 551 g/mol. The summed E-state index contributed by atoms with van der Waals surface area (Å²) in [6.07, 6.45) is 6.29. The fourth-order valence-electron chi connectivity index (χ4n) is 6.45. The molecule has 3 amide bonds. The second kappa shape index (κ2) is 11.2. The number of nitrogens with one attached hydrogen (secondary N) is 1. The second-order valence-electron chi connectivity index (χ2n) is 11.2. The number of carbonyl (C=O) groups is 4. The van der Waals surface area contributed by atoms with Crippen LogP contribution >= 0.6 is 0 Å². The van der Waals surface area contributed by atoms with E-state index in [4.69, 9.17) is 9.47 Å². The fourth-order valence-corrected chi connectivity index (χ4v) is 6.45. The van der Waals surface area contributed by atoms with Crippen molar-refractivity contribution in [3.05, 3.63) is 60.2 Å². The topological polar surface area (TPSA) is 125 Å². The maximum absolute atomic E-state index is 14.5. The molecule has 1 aromatic carbocycles. The van der Waals surface area contributed by atoms with E-state index in [1.807, 2.05) is 38.1 Å². The van der Waals surface area contributed by atoms with Crippen molar-refractivity contribution in [2.75, 3.05) is 19.7 Å². The van der Waals surface area contributed by atoms with Gasteiger partial charge < -0.3 is 29.7 Å². The molecule has 40 heavy (non-hydrogen) atoms. The number of esters is 1. The first-order valence-electron chi connectivity index (χ1n) is 14.0. The number of fused-ring (bicyclic) bond motifs is 2. The van der Waals surface area contributed by atoms with Gasteiger partial charge >= 0.3 is 5.97 Å². The van der Waals surface area contributed by atoms with E-state index >= 15 is 0 Å². The molecule has 0 unspecified atom stereocenters. The van der Waals surface area contributed by atoms with Gasteiger partial charge in [0.25, 0.3) is 0 Å². The minimum atomic E-state index is -1.45. The minimum absolute atomic E-state index is 0.146. The molecule has 10 heteroatoms. The second-order valence-corrected chi connectivity index (χ2v) is 11.2. The highest BCUT2D eigenvalue weighted by Gasteiger charge is 2.72. The first-order chi connectivity index (χ1) is 19.2. The van der Waals surface area contributed by atoms with Crippen molar-refractivity contribution < 1.29 is 33.8 Å². The summed E-state index contributed by atoms with van der Waals surface area (Å²) in [7, 11) is 0. The van der Waals surface area contributed by atoms with Crippen LogP contribution in [0.1, 0.15) is 45.2 Å². The molecule has 0 bridgehead atoms. The van der Waals surface area contributed by atoms with Gasteiger partial charge in [-0.3, -0.25) is 19.2 Å². The first-order valence-corrected chi connectivity index (χ1v) is 14.0. The van der Waals surface area contributed by atoms with Crippen molar-refractivity contribution in [2.45, 2.75) is 69.5 Å². The summed E-state index contributed by atoms with van der Waals surface area (Å²) in [6, 6.07) is 6.99. The van der Waals surface area contributed by atoms with Crippen LogP contribution in [0.4, 0.5) is 0 Å². The summed E-state index contributed by atoms with van der Waals surface area (Å²) in [4.78, 5) is 57.7. The normalized spacial score (nSPS) is 34.2. The lowest BCUT2D eigenvalue weighted by molar-refractivity contribution is -0.160. The quantitative estimate of drug-likeness (QED) is 0.429. The zero-order chi connectivity index (χ0) is 28.6. The Morgan fingerprint density at radius 3 is 2.55 bits per heavy atom. The summed E-state index contributed by atoms with van der Waals surface area (Å²) >= 11 is 0. The predicted octanol–water partition coefficient (Wildman–Crippen LogP) is 1.51. The molecule has 1 spiro atoms. The fraction of sp³-hybridized carbons (Fsp3) is 0.533. The number of hydrogen-bond donors (Lipinski definition) is 2. The molecule has 214 valence electrons. The van der Waals surface area contributed by atoms with Crippen LogP contribution in [0, 0.1) is 11.8 Å². The van der Waals surface area contributed by atoms with E-state index in [0.717, 1.165) is 0 Å². The van der Waals surface area contributed by atoms with E-state index in [1.165, 1.54) is 4.90 Å². The molecule has 0 saturated carbocycles. The standard InChI is InChI=1S/C30H37N3O7/c1-18(2)32-15-9-14-30-25(24-22(40-30)12-7-8-13-23(35)31-16-19(3)39-29(24)38)27(36)33(26(30)28(32)37)21(17-34)20-10-5-4-6-11-20/h4-7,9-12,14,18-19,21-22,24-26,34H,8,13,15-17H2,1-3H3,(H,31,35)/b12-7-/t19-,21+,22-,24+,25+,26-,30+/m0/s1. The van der Waals surface area contributed by atoms with Gasteiger partial charge in [-0.25, -0.2) is 0 Å². The van der Waals surface area contributed by atoms with Gasteiger partial charge in [0.15, 0.2) is 0 Å². The van der Waals surface area contributed by atoms with Crippen LogP contribution in [0.25, 0.3) is 0 Å². The van der Waals surface area contributed by atoms with E-state index in [1.54, 1.807) is 42.2 Å². The van der Waals surface area contributed by atoms with Crippen molar-refractivity contribution >= 4 is 23.7 Å². The number of hydrogen-bond acceptors (Lipinski definition) is 7. The zero-order valence-electron chi connectivity index (χ0n) is 23.1. The average Bonchev–Trinajstić information content (AvgIpc) is 3.31. The molecule has 4 aliphatic rings. The smallest absolute Gasteiger partial charge is 0.313 e. The molecule has 7 atom stereocenters. The van der Waals surface area contributed by atoms with Crippen LogP contribution in [0.5, 0.6) is 0 Å². The lowest BCUT2D eigenvalue weighted by Gasteiger charge is -2.39. The number of cyclic esters (lactones) is 1. The molecule has 0 aromatic heterocycles. The van der Waals surface area contributed by atoms with Gasteiger partial charge in [-0.15, -0.1) is 0 Å². The third-order valence-electron chi connectivity index (χ3n) is 8.32. The van der Waals surface area contributed by atoms with Crippen molar-refractivity contribution in [1.29, 1.82) is 0 Å². The largest absolute Gasteiger partial charge is 0.460 e. The molecule has 5 rings (SSSR count). The number of amides is 3. The SMILES string of the molecule is CC(C)N1CC=C[C@@]23O[C@H]4/C=C\CCC(=O)NC[C@H](C)OC(=O)[C@H]4[C@@H]2C(=O)N([C@H](CO)c2ccccc2)[C@H]3C1=O. The van der Waals surface area contributed by atoms with Crippen LogP contribution in [-0.2, 0) is 28.7 Å². The summed E-state index contributed by atoms with van der Waals surface area (Å²) in [6.45, 7) is 5.54. The summed E-state index contributed by atoms with van der Waals surface area (Å²) < 4.78 is 12.4. The number of allylic oxidation sites excluding steroid dienone is 1. The molecule has 1 aromatic rings. The minimum Gasteiger partial charge on any atom is -0.460 e. The lowest BCUT2D eigenvalue weighted by atomic mass is 9.78. The maximum atomic E-state index is 14.5. The Bertz CT molecular complexity index is 1210. The van der Waals surface area contributed by atoms with Crippen molar-refractivity contribution in [3.63, 3.8) is 0 Å². The number of rotatable bonds is 4. The van der Waals surface area contributed by atoms with Crippen LogP contribution in [0.3, 0.4) is 0 Å². The van der Waals surface area contributed by atoms with E-state index < -0.39 is 60.2 Å². The Kier molecular flexibility index (Phi) is 7.83. The van der Waals surface area contributed by atoms with E-state index in [0.29, 0.717) is 18.5 Å². The Labute approximate surface area is 234 Å². The van der Waals surface area contributed by atoms with Gasteiger partial charge in [0.1, 0.15) is 23.7 Å². The molecular formula is C30H37N3O7. The molecule has 10 nitrogen and oxygen atoms in total. The molecule has 4 heterocycles. The Balaban J connectivity index is 1.64. The van der Waals surface area contributed by atoms with E-state index in [9.17, 15) is 24.3 Å². The van der Waals surface area contributed by atoms with Gasteiger partial charge in [-0.05, 0) is 32.8 Å². The van der Waals surface area contributed by atoms with Gasteiger partial charge in [0, 0.05) is 19.0 Å². The van der Waals surface area contributed by atoms with Crippen LogP contribution < -0.4 is 5.32 Å². The number of carbonyl (C=O) groups excluding carboxylic acids is 4. The molecular weight excluding hydrogens is 514 g/mol. The third-order valence-corrected chi connectivity index (χ3v) is 8.32. The molecule has 2 fully saturated rings. The maximum Gasteiger partial charge on any atom is 0.313 e. The molecule has 0 radical (unpaired) electrons. The summed E-state index contributed by atoms with van der Waals surface area (Å²) in [5, 5.41) is 13.3. The molecule has 4 aliphatic heterocycles. The highest BCUT2D eigenvalue weighted by atomic mass is 16.6. The molecule has 2 N–H and O–H groups in total. The highest BCUT2D eigenvalue weighted by molar-refractivity contribution is 5.99. The third kappa shape index (κ3) is 4.73. The van der Waals surface area contributed by atoms with Crippen molar-refractivity contribution in [2.24, 2.45) is 11.8 Å². The Morgan fingerprint density at radius 2 is 1.85 bits per heavy atom. The predicted molar refractivity (Wildman–Crippen MR) is 144 cm³/mol. The highest BCUT2D eigenvalue weighted by Crippen LogP contribution is 2.55. The number of ether oxygens (including phenoxy) is 2. The lowest BCUT2D eigenvalue weighted by Crippen LogP contribution is -2.57. The summed E-state index contributed by atoms with van der Waals surface area (Å²) in [5.41, 5.74) is -0.774. The Hall–Kier alpha value is -3.50. The average molecular weight is 552 g/mol. The first kappa shape index (κ1) is 28.0. The van der Waals surface area contributed by atoms with Crippen LogP contribution in [-0.4, -0.2) is 88.2 Å². The van der Waals surface area contributed by atoms with Gasteiger partial charge in [-0.1, -0.05) is 54.6 Å². The van der Waals surface area contributed by atoms with E-state index in [2.05, 4.69) is 5.32 Å². The van der Waals surface area contributed by atoms with Crippen molar-refractivity contribution in [1.82, 2.24) is 15.1 Å². The van der Waals surface area contributed by atoms with Crippen LogP contribution in [0.2, 0.25) is 0 Å². The van der Waals surface area contributed by atoms with E-state index in [-0.39, 0.29) is 30.8 Å². The van der Waals surface area contributed by atoms with Gasteiger partial charge in [-0.2, -0.15) is 0 Å². The number of aliphatic hydroxyl groups is 1. The number of benzene rings is 1.